The van der Waals surface area contributed by atoms with Crippen LogP contribution < -0.4 is 0 Å². The van der Waals surface area contributed by atoms with Crippen LogP contribution in [-0.2, 0) is 14.8 Å². The van der Waals surface area contributed by atoms with E-state index < -0.39 is 22.5 Å². The number of carboxylic acids is 1. The number of nitriles is 1. The van der Waals surface area contributed by atoms with Gasteiger partial charge in [-0.25, -0.2) is 8.42 Å². The molecule has 0 aliphatic carbocycles. The number of carbonyl (C=O) groups is 1. The number of aryl methyl sites for hydroxylation is 1. The summed E-state index contributed by atoms with van der Waals surface area (Å²) in [7, 11) is -3.94. The van der Waals surface area contributed by atoms with Gasteiger partial charge in [-0.05, 0) is 30.7 Å². The molecular formula is C13H14N2O4S. The van der Waals surface area contributed by atoms with Crippen LogP contribution in [0.1, 0.15) is 11.1 Å². The van der Waals surface area contributed by atoms with Crippen LogP contribution in [-0.4, -0.2) is 36.9 Å². The molecule has 0 spiro atoms. The minimum atomic E-state index is -3.94. The maximum Gasteiger partial charge on any atom is 0.318 e. The molecule has 0 saturated heterocycles. The average Bonchev–Trinajstić information content (AvgIpc) is 2.37. The highest BCUT2D eigenvalue weighted by Gasteiger charge is 2.27. The van der Waals surface area contributed by atoms with Gasteiger partial charge in [0.1, 0.15) is 6.54 Å². The first-order chi connectivity index (χ1) is 9.32. The van der Waals surface area contributed by atoms with Gasteiger partial charge in [0, 0.05) is 6.54 Å². The molecule has 0 saturated carbocycles. The van der Waals surface area contributed by atoms with Crippen LogP contribution in [0, 0.1) is 18.3 Å². The summed E-state index contributed by atoms with van der Waals surface area (Å²) in [6, 6.07) is 6.05. The van der Waals surface area contributed by atoms with E-state index in [1.165, 1.54) is 24.3 Å². The Morgan fingerprint density at radius 3 is 2.65 bits per heavy atom. The van der Waals surface area contributed by atoms with Crippen molar-refractivity contribution in [1.82, 2.24) is 4.31 Å². The predicted octanol–water partition coefficient (Wildman–Crippen LogP) is 1.13. The van der Waals surface area contributed by atoms with Crippen molar-refractivity contribution in [3.63, 3.8) is 0 Å². The molecule has 1 aromatic rings. The van der Waals surface area contributed by atoms with E-state index in [1.54, 1.807) is 6.92 Å². The van der Waals surface area contributed by atoms with E-state index in [0.717, 1.165) is 4.31 Å². The minimum Gasteiger partial charge on any atom is -0.480 e. The standard InChI is InChI=1S/C13H14N2O4S/c1-3-6-15(9-13(16)17)20(18,19)12-5-4-11(8-14)7-10(12)2/h3-5,7H,1,6,9H2,2H3,(H,16,17). The second kappa shape index (κ2) is 6.32. The molecule has 7 heteroatoms. The molecule has 1 rings (SSSR count). The molecule has 0 bridgehead atoms. The molecule has 0 fully saturated rings. The number of hydrogen-bond acceptors (Lipinski definition) is 4. The summed E-state index contributed by atoms with van der Waals surface area (Å²) in [6.45, 7) is 4.23. The van der Waals surface area contributed by atoms with E-state index in [1.807, 2.05) is 6.07 Å². The average molecular weight is 294 g/mol. The molecule has 1 N–H and O–H groups in total. The lowest BCUT2D eigenvalue weighted by Gasteiger charge is -2.19. The van der Waals surface area contributed by atoms with Crippen molar-refractivity contribution < 1.29 is 18.3 Å². The summed E-state index contributed by atoms with van der Waals surface area (Å²) < 4.78 is 25.6. The van der Waals surface area contributed by atoms with Gasteiger partial charge in [-0.1, -0.05) is 6.08 Å². The normalized spacial score (nSPS) is 11.1. The first-order valence-electron chi connectivity index (χ1n) is 5.66. The maximum absolute atomic E-state index is 12.4. The Morgan fingerprint density at radius 2 is 2.20 bits per heavy atom. The van der Waals surface area contributed by atoms with Crippen molar-refractivity contribution in [2.75, 3.05) is 13.1 Å². The third-order valence-electron chi connectivity index (χ3n) is 2.57. The van der Waals surface area contributed by atoms with Crippen molar-refractivity contribution in [2.24, 2.45) is 0 Å². The SMILES string of the molecule is C=CCN(CC(=O)O)S(=O)(=O)c1ccc(C#N)cc1C. The molecular weight excluding hydrogens is 280 g/mol. The first kappa shape index (κ1) is 15.9. The Balaban J connectivity index is 3.29. The third kappa shape index (κ3) is 3.44. The second-order valence-electron chi connectivity index (χ2n) is 4.07. The fourth-order valence-corrected chi connectivity index (χ4v) is 3.26. The molecule has 0 atom stereocenters. The molecule has 0 aliphatic rings. The van der Waals surface area contributed by atoms with Crippen LogP contribution in [0.15, 0.2) is 35.7 Å². The number of nitrogens with zero attached hydrogens (tertiary/aromatic N) is 2. The van der Waals surface area contributed by atoms with Gasteiger partial charge in [-0.2, -0.15) is 9.57 Å². The van der Waals surface area contributed by atoms with Crippen LogP contribution in [0.5, 0.6) is 0 Å². The number of aliphatic carboxylic acids is 1. The third-order valence-corrected chi connectivity index (χ3v) is 4.54. The van der Waals surface area contributed by atoms with Crippen LogP contribution >= 0.6 is 0 Å². The quantitative estimate of drug-likeness (QED) is 0.793. The zero-order chi connectivity index (χ0) is 15.3. The van der Waals surface area contributed by atoms with E-state index >= 15 is 0 Å². The Bertz CT molecular complexity index is 674. The van der Waals surface area contributed by atoms with Crippen molar-refractivity contribution >= 4 is 16.0 Å². The summed E-state index contributed by atoms with van der Waals surface area (Å²) in [5.74, 6) is -1.25. The van der Waals surface area contributed by atoms with Crippen molar-refractivity contribution in [1.29, 1.82) is 5.26 Å². The van der Waals surface area contributed by atoms with Crippen molar-refractivity contribution in [3.8, 4) is 6.07 Å². The zero-order valence-electron chi connectivity index (χ0n) is 10.9. The molecule has 6 nitrogen and oxygen atoms in total. The molecule has 0 amide bonds. The van der Waals surface area contributed by atoms with E-state index in [9.17, 15) is 13.2 Å². The van der Waals surface area contributed by atoms with Crippen molar-refractivity contribution in [2.45, 2.75) is 11.8 Å². The van der Waals surface area contributed by atoms with Gasteiger partial charge in [0.25, 0.3) is 0 Å². The van der Waals surface area contributed by atoms with Gasteiger partial charge in [0.15, 0.2) is 0 Å². The smallest absolute Gasteiger partial charge is 0.318 e. The lowest BCUT2D eigenvalue weighted by molar-refractivity contribution is -0.137. The van der Waals surface area contributed by atoms with E-state index in [2.05, 4.69) is 6.58 Å². The number of carboxylic acid groups (broad SMARTS) is 1. The summed E-state index contributed by atoms with van der Waals surface area (Å²) >= 11 is 0. The van der Waals surface area contributed by atoms with E-state index in [0.29, 0.717) is 11.1 Å². The summed E-state index contributed by atoms with van der Waals surface area (Å²) in [5.41, 5.74) is 0.735. The van der Waals surface area contributed by atoms with Crippen LogP contribution in [0.2, 0.25) is 0 Å². The predicted molar refractivity (Wildman–Crippen MR) is 72.5 cm³/mol. The molecule has 0 heterocycles. The summed E-state index contributed by atoms with van der Waals surface area (Å²) in [6.07, 6.45) is 1.32. The van der Waals surface area contributed by atoms with E-state index in [4.69, 9.17) is 10.4 Å². The molecule has 106 valence electrons. The Morgan fingerprint density at radius 1 is 1.55 bits per heavy atom. The van der Waals surface area contributed by atoms with Gasteiger partial charge in [-0.3, -0.25) is 4.79 Å². The number of rotatable bonds is 6. The highest BCUT2D eigenvalue weighted by Crippen LogP contribution is 2.20. The zero-order valence-corrected chi connectivity index (χ0v) is 11.7. The highest BCUT2D eigenvalue weighted by atomic mass is 32.2. The first-order valence-corrected chi connectivity index (χ1v) is 7.10. The fraction of sp³-hybridized carbons (Fsp3) is 0.231. The molecule has 0 radical (unpaired) electrons. The minimum absolute atomic E-state index is 0.0143. The van der Waals surface area contributed by atoms with Gasteiger partial charge >= 0.3 is 5.97 Å². The molecule has 1 aromatic carbocycles. The lowest BCUT2D eigenvalue weighted by Crippen LogP contribution is -2.36. The highest BCUT2D eigenvalue weighted by molar-refractivity contribution is 7.89. The van der Waals surface area contributed by atoms with Crippen LogP contribution in [0.25, 0.3) is 0 Å². The van der Waals surface area contributed by atoms with Gasteiger partial charge in [0.05, 0.1) is 16.5 Å². The number of benzene rings is 1. The van der Waals surface area contributed by atoms with Crippen LogP contribution in [0.4, 0.5) is 0 Å². The van der Waals surface area contributed by atoms with E-state index in [-0.39, 0.29) is 11.4 Å². The summed E-state index contributed by atoms with van der Waals surface area (Å²) in [5, 5.41) is 17.6. The van der Waals surface area contributed by atoms with Gasteiger partial charge in [0.2, 0.25) is 10.0 Å². The topological polar surface area (TPSA) is 98.5 Å². The molecule has 20 heavy (non-hydrogen) atoms. The fourth-order valence-electron chi connectivity index (χ4n) is 1.69. The summed E-state index contributed by atoms with van der Waals surface area (Å²) in [4.78, 5) is 10.8. The second-order valence-corrected chi connectivity index (χ2v) is 5.98. The lowest BCUT2D eigenvalue weighted by atomic mass is 10.2. The van der Waals surface area contributed by atoms with Crippen LogP contribution in [0.3, 0.4) is 0 Å². The largest absolute Gasteiger partial charge is 0.480 e. The Kier molecular flexibility index (Phi) is 5.02. The maximum atomic E-state index is 12.4. The monoisotopic (exact) mass is 294 g/mol. The van der Waals surface area contributed by atoms with Gasteiger partial charge < -0.3 is 5.11 Å². The number of hydrogen-bond donors (Lipinski definition) is 1. The Labute approximate surface area is 117 Å². The molecule has 0 aliphatic heterocycles. The van der Waals surface area contributed by atoms with Gasteiger partial charge in [-0.15, -0.1) is 6.58 Å². The Hall–Kier alpha value is -2.17. The van der Waals surface area contributed by atoms with Crippen molar-refractivity contribution in [3.05, 3.63) is 42.0 Å². The molecule has 0 unspecified atom stereocenters. The molecule has 0 aromatic heterocycles. The number of sulfonamides is 1.